The van der Waals surface area contributed by atoms with Crippen molar-refractivity contribution < 1.29 is 17.9 Å². The summed E-state index contributed by atoms with van der Waals surface area (Å²) < 4.78 is 36.0. The van der Waals surface area contributed by atoms with Crippen LogP contribution in [0.3, 0.4) is 0 Å². The Morgan fingerprint density at radius 3 is 2.40 bits per heavy atom. The Morgan fingerprint density at radius 2 is 1.84 bits per heavy atom. The zero-order chi connectivity index (χ0) is 18.4. The number of sulfone groups is 1. The number of hydrogen-bond acceptors (Lipinski definition) is 5. The van der Waals surface area contributed by atoms with Crippen molar-refractivity contribution in [2.75, 3.05) is 13.7 Å². The lowest BCUT2D eigenvalue weighted by Gasteiger charge is -2.10. The van der Waals surface area contributed by atoms with Crippen molar-refractivity contribution in [2.45, 2.75) is 18.7 Å². The second kappa shape index (κ2) is 7.86. The van der Waals surface area contributed by atoms with Gasteiger partial charge in [-0.2, -0.15) is 5.26 Å². The summed E-state index contributed by atoms with van der Waals surface area (Å²) in [7, 11) is -2.38. The van der Waals surface area contributed by atoms with Gasteiger partial charge in [-0.25, -0.2) is 8.42 Å². The summed E-state index contributed by atoms with van der Waals surface area (Å²) in [6.45, 7) is 4.20. The van der Waals surface area contributed by atoms with Gasteiger partial charge in [-0.15, -0.1) is 0 Å². The molecule has 0 amide bonds. The van der Waals surface area contributed by atoms with Crippen LogP contribution in [0.2, 0.25) is 0 Å². The van der Waals surface area contributed by atoms with Crippen LogP contribution in [-0.2, 0) is 9.84 Å². The minimum Gasteiger partial charge on any atom is -0.493 e. The summed E-state index contributed by atoms with van der Waals surface area (Å²) in [5.41, 5.74) is 1.48. The Balaban J connectivity index is 2.46. The fraction of sp³-hybridized carbons (Fsp3) is 0.211. The predicted molar refractivity (Wildman–Crippen MR) is 96.1 cm³/mol. The molecule has 0 heterocycles. The molecule has 0 aromatic heterocycles. The molecule has 130 valence electrons. The molecule has 5 nitrogen and oxygen atoms in total. The fourth-order valence-electron chi connectivity index (χ4n) is 2.21. The molecule has 0 aliphatic heterocycles. The average Bonchev–Trinajstić information content (AvgIpc) is 2.61. The van der Waals surface area contributed by atoms with Crippen molar-refractivity contribution in [1.29, 1.82) is 5.26 Å². The molecular formula is C19H19NO4S. The highest BCUT2D eigenvalue weighted by atomic mass is 32.2. The van der Waals surface area contributed by atoms with Crippen molar-refractivity contribution in [1.82, 2.24) is 0 Å². The van der Waals surface area contributed by atoms with E-state index in [0.717, 1.165) is 5.56 Å². The van der Waals surface area contributed by atoms with Crippen LogP contribution in [0.15, 0.2) is 52.3 Å². The first-order valence-electron chi connectivity index (χ1n) is 7.66. The smallest absolute Gasteiger partial charge is 0.216 e. The molecule has 2 rings (SSSR count). The predicted octanol–water partition coefficient (Wildman–Crippen LogP) is 3.74. The van der Waals surface area contributed by atoms with E-state index in [9.17, 15) is 13.7 Å². The summed E-state index contributed by atoms with van der Waals surface area (Å²) in [5.74, 6) is 1.03. The van der Waals surface area contributed by atoms with Gasteiger partial charge in [0, 0.05) is 0 Å². The van der Waals surface area contributed by atoms with Crippen LogP contribution in [0.1, 0.15) is 18.1 Å². The maximum Gasteiger partial charge on any atom is 0.216 e. The lowest BCUT2D eigenvalue weighted by atomic mass is 10.2. The number of nitrogens with zero attached hydrogens (tertiary/aromatic N) is 1. The topological polar surface area (TPSA) is 76.4 Å². The number of rotatable bonds is 6. The second-order valence-electron chi connectivity index (χ2n) is 5.28. The van der Waals surface area contributed by atoms with E-state index in [0.29, 0.717) is 23.7 Å². The Kier molecular flexibility index (Phi) is 5.84. The molecule has 0 saturated carbocycles. The molecule has 6 heteroatoms. The first-order chi connectivity index (χ1) is 11.9. The number of methoxy groups -OCH3 is 1. The summed E-state index contributed by atoms with van der Waals surface area (Å²) in [6.07, 6.45) is 1.33. The highest BCUT2D eigenvalue weighted by Gasteiger charge is 2.20. The van der Waals surface area contributed by atoms with Gasteiger partial charge in [-0.05, 0) is 49.8 Å². The van der Waals surface area contributed by atoms with E-state index in [1.54, 1.807) is 36.4 Å². The summed E-state index contributed by atoms with van der Waals surface area (Å²) >= 11 is 0. The van der Waals surface area contributed by atoms with Crippen molar-refractivity contribution in [3.63, 3.8) is 0 Å². The molecule has 25 heavy (non-hydrogen) atoms. The van der Waals surface area contributed by atoms with E-state index >= 15 is 0 Å². The van der Waals surface area contributed by atoms with Crippen LogP contribution in [0.4, 0.5) is 0 Å². The van der Waals surface area contributed by atoms with Gasteiger partial charge in [0.05, 0.1) is 18.6 Å². The molecule has 0 saturated heterocycles. The van der Waals surface area contributed by atoms with Crippen LogP contribution in [0, 0.1) is 18.3 Å². The molecule has 0 radical (unpaired) electrons. The fourth-order valence-corrected chi connectivity index (χ4v) is 3.37. The Morgan fingerprint density at radius 1 is 1.16 bits per heavy atom. The lowest BCUT2D eigenvalue weighted by Crippen LogP contribution is -2.03. The average molecular weight is 357 g/mol. The van der Waals surface area contributed by atoms with Crippen LogP contribution >= 0.6 is 0 Å². The van der Waals surface area contributed by atoms with Gasteiger partial charge in [-0.1, -0.05) is 23.8 Å². The van der Waals surface area contributed by atoms with Crippen molar-refractivity contribution >= 4 is 15.9 Å². The van der Waals surface area contributed by atoms with E-state index in [2.05, 4.69) is 0 Å². The number of ether oxygens (including phenoxy) is 2. The van der Waals surface area contributed by atoms with Gasteiger partial charge in [-0.3, -0.25) is 0 Å². The molecule has 2 aromatic carbocycles. The number of aryl methyl sites for hydroxylation is 1. The summed E-state index contributed by atoms with van der Waals surface area (Å²) in [4.78, 5) is -0.244. The molecule has 0 fully saturated rings. The van der Waals surface area contributed by atoms with Crippen LogP contribution < -0.4 is 9.47 Å². The van der Waals surface area contributed by atoms with Gasteiger partial charge in [0.15, 0.2) is 11.5 Å². The Hall–Kier alpha value is -2.78. The van der Waals surface area contributed by atoms with Crippen molar-refractivity contribution in [2.24, 2.45) is 0 Å². The SMILES string of the molecule is CCOc1ccc(/C=C(\C#N)S(=O)(=O)c2ccc(C)cc2)cc1OC. The first-order valence-corrected chi connectivity index (χ1v) is 9.15. The Labute approximate surface area is 148 Å². The van der Waals surface area contributed by atoms with Gasteiger partial charge in [0.1, 0.15) is 11.0 Å². The number of hydrogen-bond donors (Lipinski definition) is 0. The van der Waals surface area contributed by atoms with Crippen molar-refractivity contribution in [3.8, 4) is 17.6 Å². The molecular weight excluding hydrogens is 338 g/mol. The summed E-state index contributed by atoms with van der Waals surface area (Å²) in [6, 6.07) is 13.2. The lowest BCUT2D eigenvalue weighted by molar-refractivity contribution is 0.311. The Bertz CT molecular complexity index is 923. The second-order valence-corrected chi connectivity index (χ2v) is 7.20. The summed E-state index contributed by atoms with van der Waals surface area (Å²) in [5, 5.41) is 9.35. The highest BCUT2D eigenvalue weighted by molar-refractivity contribution is 7.95. The zero-order valence-electron chi connectivity index (χ0n) is 14.3. The minimum absolute atomic E-state index is 0.0869. The standard InChI is InChI=1S/C19H19NO4S/c1-4-24-18-10-7-15(12-19(18)23-3)11-17(13-20)25(21,22)16-8-5-14(2)6-9-16/h5-12H,4H2,1-3H3/b17-11+. The van der Waals surface area contributed by atoms with Crippen LogP contribution in [-0.4, -0.2) is 22.1 Å². The molecule has 0 atom stereocenters. The van der Waals surface area contributed by atoms with Crippen molar-refractivity contribution in [3.05, 3.63) is 58.5 Å². The monoisotopic (exact) mass is 357 g/mol. The van der Waals surface area contributed by atoms with Crippen LogP contribution in [0.25, 0.3) is 6.08 Å². The third kappa shape index (κ3) is 4.20. The molecule has 0 aliphatic carbocycles. The molecule has 0 bridgehead atoms. The molecule has 0 unspecified atom stereocenters. The zero-order valence-corrected chi connectivity index (χ0v) is 15.1. The maximum atomic E-state index is 12.7. The van der Waals surface area contributed by atoms with E-state index < -0.39 is 9.84 Å². The van der Waals surface area contributed by atoms with E-state index in [-0.39, 0.29) is 9.80 Å². The van der Waals surface area contributed by atoms with E-state index in [4.69, 9.17) is 9.47 Å². The van der Waals surface area contributed by atoms with Gasteiger partial charge in [0.25, 0.3) is 0 Å². The number of nitriles is 1. The van der Waals surface area contributed by atoms with Gasteiger partial charge < -0.3 is 9.47 Å². The normalized spacial score (nSPS) is 11.7. The quantitative estimate of drug-likeness (QED) is 0.736. The highest BCUT2D eigenvalue weighted by Crippen LogP contribution is 2.30. The van der Waals surface area contributed by atoms with E-state index in [1.807, 2.05) is 13.8 Å². The third-order valence-corrected chi connectivity index (χ3v) is 5.20. The van der Waals surface area contributed by atoms with E-state index in [1.165, 1.54) is 25.3 Å². The minimum atomic E-state index is -3.88. The van der Waals surface area contributed by atoms with Gasteiger partial charge in [0.2, 0.25) is 9.84 Å². The molecule has 2 aromatic rings. The largest absolute Gasteiger partial charge is 0.493 e. The third-order valence-electron chi connectivity index (χ3n) is 3.52. The maximum absolute atomic E-state index is 12.7. The number of allylic oxidation sites excluding steroid dienone is 1. The first kappa shape index (κ1) is 18.6. The molecule has 0 spiro atoms. The number of benzene rings is 2. The van der Waals surface area contributed by atoms with Crippen LogP contribution in [0.5, 0.6) is 11.5 Å². The molecule has 0 N–H and O–H groups in total. The van der Waals surface area contributed by atoms with Gasteiger partial charge >= 0.3 is 0 Å². The molecule has 0 aliphatic rings.